The van der Waals surface area contributed by atoms with Crippen LogP contribution < -0.4 is 11.3 Å². The number of rotatable bonds is 3. The molecule has 118 valence electrons. The molecule has 3 aromatic rings. The molecule has 2 aromatic heterocycles. The van der Waals surface area contributed by atoms with E-state index in [1.807, 2.05) is 26.0 Å². The zero-order chi connectivity index (χ0) is 16.6. The van der Waals surface area contributed by atoms with Gasteiger partial charge in [0.05, 0.1) is 17.9 Å². The van der Waals surface area contributed by atoms with Gasteiger partial charge in [-0.3, -0.25) is 4.79 Å². The van der Waals surface area contributed by atoms with E-state index in [0.717, 1.165) is 22.4 Å². The second kappa shape index (κ2) is 5.93. The molecule has 0 aliphatic carbocycles. The summed E-state index contributed by atoms with van der Waals surface area (Å²) in [5, 5.41) is 4.61. The maximum Gasteiger partial charge on any atom is 0.274 e. The van der Waals surface area contributed by atoms with Gasteiger partial charge in [-0.05, 0) is 37.6 Å². The van der Waals surface area contributed by atoms with Gasteiger partial charge in [0.25, 0.3) is 5.56 Å². The fourth-order valence-electron chi connectivity index (χ4n) is 2.59. The first-order valence-electron chi connectivity index (χ1n) is 7.13. The Bertz CT molecular complexity index is 891. The molecule has 0 saturated heterocycles. The minimum absolute atomic E-state index is 0.191. The van der Waals surface area contributed by atoms with Gasteiger partial charge in [0.2, 0.25) is 0 Å². The SMILES string of the molecule is Cc1noc(C)c1-c1cc(N)c(=O)n(Cc2ccc(Cl)cc2)c1. The van der Waals surface area contributed by atoms with E-state index in [9.17, 15) is 4.79 Å². The molecule has 0 bridgehead atoms. The van der Waals surface area contributed by atoms with E-state index in [1.54, 1.807) is 29.0 Å². The summed E-state index contributed by atoms with van der Waals surface area (Å²) in [7, 11) is 0. The van der Waals surface area contributed by atoms with Crippen molar-refractivity contribution in [1.29, 1.82) is 0 Å². The summed E-state index contributed by atoms with van der Waals surface area (Å²) in [6.07, 6.45) is 1.78. The lowest BCUT2D eigenvalue weighted by Crippen LogP contribution is -2.23. The highest BCUT2D eigenvalue weighted by molar-refractivity contribution is 6.30. The lowest BCUT2D eigenvalue weighted by Gasteiger charge is -2.10. The van der Waals surface area contributed by atoms with Gasteiger partial charge < -0.3 is 14.8 Å². The molecule has 5 nitrogen and oxygen atoms in total. The van der Waals surface area contributed by atoms with Gasteiger partial charge in [-0.25, -0.2) is 0 Å². The van der Waals surface area contributed by atoms with Crippen LogP contribution in [0.1, 0.15) is 17.0 Å². The molecule has 0 fully saturated rings. The first-order valence-corrected chi connectivity index (χ1v) is 7.51. The van der Waals surface area contributed by atoms with Crippen molar-refractivity contribution in [3.63, 3.8) is 0 Å². The molecule has 1 aromatic carbocycles. The molecule has 23 heavy (non-hydrogen) atoms. The maximum atomic E-state index is 12.3. The molecule has 0 amide bonds. The third-order valence-corrected chi connectivity index (χ3v) is 3.95. The summed E-state index contributed by atoms with van der Waals surface area (Å²) in [4.78, 5) is 12.3. The molecular formula is C17H16ClN3O2. The van der Waals surface area contributed by atoms with Gasteiger partial charge >= 0.3 is 0 Å². The highest BCUT2D eigenvalue weighted by Crippen LogP contribution is 2.27. The van der Waals surface area contributed by atoms with Crippen LogP contribution in [0.4, 0.5) is 5.69 Å². The van der Waals surface area contributed by atoms with Crippen molar-refractivity contribution in [1.82, 2.24) is 9.72 Å². The Hall–Kier alpha value is -2.53. The minimum atomic E-state index is -0.226. The number of benzene rings is 1. The van der Waals surface area contributed by atoms with Crippen LogP contribution in [-0.4, -0.2) is 9.72 Å². The first-order chi connectivity index (χ1) is 11.0. The molecular weight excluding hydrogens is 314 g/mol. The molecule has 0 aliphatic rings. The van der Waals surface area contributed by atoms with Crippen LogP contribution in [0.2, 0.25) is 5.02 Å². The van der Waals surface area contributed by atoms with Crippen LogP contribution in [0.3, 0.4) is 0 Å². The van der Waals surface area contributed by atoms with Crippen molar-refractivity contribution >= 4 is 17.3 Å². The van der Waals surface area contributed by atoms with Gasteiger partial charge in [-0.2, -0.15) is 0 Å². The highest BCUT2D eigenvalue weighted by atomic mass is 35.5. The average Bonchev–Trinajstić information content (AvgIpc) is 2.85. The topological polar surface area (TPSA) is 74.1 Å². The second-order valence-corrected chi connectivity index (χ2v) is 5.88. The Labute approximate surface area is 138 Å². The Balaban J connectivity index is 2.07. The number of hydrogen-bond acceptors (Lipinski definition) is 4. The van der Waals surface area contributed by atoms with E-state index in [1.165, 1.54) is 0 Å². The number of nitrogens with zero attached hydrogens (tertiary/aromatic N) is 2. The molecule has 3 rings (SSSR count). The number of anilines is 1. The van der Waals surface area contributed by atoms with Crippen molar-refractivity contribution in [2.45, 2.75) is 20.4 Å². The molecule has 0 unspecified atom stereocenters. The van der Waals surface area contributed by atoms with Crippen LogP contribution in [-0.2, 0) is 6.54 Å². The van der Waals surface area contributed by atoms with Gasteiger partial charge in [0.15, 0.2) is 0 Å². The monoisotopic (exact) mass is 329 g/mol. The number of pyridine rings is 1. The standard InChI is InChI=1S/C17H16ClN3O2/c1-10-16(11(2)23-20-10)13-7-15(19)17(22)21(9-13)8-12-3-5-14(18)6-4-12/h3-7,9H,8,19H2,1-2H3. The number of aromatic nitrogens is 2. The van der Waals surface area contributed by atoms with Crippen molar-refractivity contribution in [2.75, 3.05) is 5.73 Å². The Morgan fingerprint density at radius 1 is 1.26 bits per heavy atom. The fraction of sp³-hybridized carbons (Fsp3) is 0.176. The Kier molecular flexibility index (Phi) is 3.96. The van der Waals surface area contributed by atoms with Gasteiger partial charge in [0.1, 0.15) is 5.76 Å². The van der Waals surface area contributed by atoms with E-state index in [2.05, 4.69) is 5.16 Å². The van der Waals surface area contributed by atoms with E-state index in [0.29, 0.717) is 17.3 Å². The van der Waals surface area contributed by atoms with Crippen molar-refractivity contribution in [3.8, 4) is 11.1 Å². The molecule has 0 saturated carbocycles. The molecule has 0 spiro atoms. The van der Waals surface area contributed by atoms with Gasteiger partial charge in [0, 0.05) is 22.3 Å². The first kappa shape index (κ1) is 15.4. The highest BCUT2D eigenvalue weighted by Gasteiger charge is 2.14. The Morgan fingerprint density at radius 2 is 1.96 bits per heavy atom. The fourth-order valence-corrected chi connectivity index (χ4v) is 2.72. The zero-order valence-electron chi connectivity index (χ0n) is 12.8. The van der Waals surface area contributed by atoms with Crippen LogP contribution >= 0.6 is 11.6 Å². The van der Waals surface area contributed by atoms with Crippen LogP contribution in [0.25, 0.3) is 11.1 Å². The summed E-state index contributed by atoms with van der Waals surface area (Å²) in [5.41, 5.74) is 9.27. The van der Waals surface area contributed by atoms with Crippen molar-refractivity contribution in [2.24, 2.45) is 0 Å². The quantitative estimate of drug-likeness (QED) is 0.799. The maximum absolute atomic E-state index is 12.3. The third-order valence-electron chi connectivity index (χ3n) is 3.70. The summed E-state index contributed by atoms with van der Waals surface area (Å²) in [6.45, 7) is 4.11. The average molecular weight is 330 g/mol. The van der Waals surface area contributed by atoms with Gasteiger partial charge in [-0.1, -0.05) is 28.9 Å². The van der Waals surface area contributed by atoms with Crippen LogP contribution in [0.15, 0.2) is 45.8 Å². The number of nitrogens with two attached hydrogens (primary N) is 1. The second-order valence-electron chi connectivity index (χ2n) is 5.44. The number of aryl methyl sites for hydroxylation is 2. The molecule has 0 radical (unpaired) electrons. The van der Waals surface area contributed by atoms with Crippen molar-refractivity contribution < 1.29 is 4.52 Å². The van der Waals surface area contributed by atoms with Crippen LogP contribution in [0.5, 0.6) is 0 Å². The lowest BCUT2D eigenvalue weighted by molar-refractivity contribution is 0.393. The normalized spacial score (nSPS) is 10.9. The summed E-state index contributed by atoms with van der Waals surface area (Å²) < 4.78 is 6.78. The van der Waals surface area contributed by atoms with Gasteiger partial charge in [-0.15, -0.1) is 0 Å². The third kappa shape index (κ3) is 3.00. The minimum Gasteiger partial charge on any atom is -0.394 e. The Morgan fingerprint density at radius 3 is 2.57 bits per heavy atom. The number of halogens is 1. The number of hydrogen-bond donors (Lipinski definition) is 1. The zero-order valence-corrected chi connectivity index (χ0v) is 13.6. The van der Waals surface area contributed by atoms with Crippen LogP contribution in [0, 0.1) is 13.8 Å². The van der Waals surface area contributed by atoms with E-state index in [-0.39, 0.29) is 11.2 Å². The largest absolute Gasteiger partial charge is 0.394 e. The van der Waals surface area contributed by atoms with Crippen molar-refractivity contribution in [3.05, 3.63) is 68.9 Å². The molecule has 2 heterocycles. The van der Waals surface area contributed by atoms with E-state index < -0.39 is 0 Å². The molecule has 0 aliphatic heterocycles. The smallest absolute Gasteiger partial charge is 0.274 e. The molecule has 0 atom stereocenters. The lowest BCUT2D eigenvalue weighted by atomic mass is 10.1. The summed E-state index contributed by atoms with van der Waals surface area (Å²) in [5.74, 6) is 0.693. The van der Waals surface area contributed by atoms with E-state index in [4.69, 9.17) is 21.9 Å². The van der Waals surface area contributed by atoms with E-state index >= 15 is 0 Å². The molecule has 2 N–H and O–H groups in total. The predicted molar refractivity (Wildman–Crippen MR) is 90.6 cm³/mol. The molecule has 6 heteroatoms. The predicted octanol–water partition coefficient (Wildman–Crippen LogP) is 3.40. The summed E-state index contributed by atoms with van der Waals surface area (Å²) in [6, 6.07) is 9.02. The number of nitrogen functional groups attached to an aromatic ring is 1. The summed E-state index contributed by atoms with van der Waals surface area (Å²) >= 11 is 5.89.